The van der Waals surface area contributed by atoms with Gasteiger partial charge in [-0.3, -0.25) is 10.1 Å². The van der Waals surface area contributed by atoms with Crippen LogP contribution in [0.5, 0.6) is 0 Å². The maximum absolute atomic E-state index is 12.8. The summed E-state index contributed by atoms with van der Waals surface area (Å²) >= 11 is 1.71. The first-order valence-electron chi connectivity index (χ1n) is 8.11. The van der Waals surface area contributed by atoms with E-state index in [-0.39, 0.29) is 12.2 Å². The van der Waals surface area contributed by atoms with Crippen molar-refractivity contribution in [3.8, 4) is 0 Å². The minimum Gasteiger partial charge on any atom is -0.321 e. The van der Waals surface area contributed by atoms with E-state index in [0.29, 0.717) is 17.2 Å². The molecule has 2 fully saturated rings. The largest absolute Gasteiger partial charge is 0.321 e. The Labute approximate surface area is 131 Å². The minimum atomic E-state index is 0.0108. The van der Waals surface area contributed by atoms with Crippen molar-refractivity contribution in [1.82, 2.24) is 10.2 Å². The number of nitrogens with zero attached hydrogens (tertiary/aromatic N) is 1. The van der Waals surface area contributed by atoms with Gasteiger partial charge in [0.1, 0.15) is 6.17 Å². The lowest BCUT2D eigenvalue weighted by Gasteiger charge is -2.24. The van der Waals surface area contributed by atoms with E-state index in [2.05, 4.69) is 47.8 Å². The summed E-state index contributed by atoms with van der Waals surface area (Å²) in [5.41, 5.74) is 1.66. The van der Waals surface area contributed by atoms with Crippen LogP contribution in [0.3, 0.4) is 0 Å². The molecule has 1 aliphatic carbocycles. The molecule has 0 bridgehead atoms. The van der Waals surface area contributed by atoms with Gasteiger partial charge in [-0.25, -0.2) is 0 Å². The van der Waals surface area contributed by atoms with Crippen molar-refractivity contribution in [3.63, 3.8) is 0 Å². The molecule has 4 heteroatoms. The zero-order valence-corrected chi connectivity index (χ0v) is 14.1. The smallest absolute Gasteiger partial charge is 0.241 e. The molecule has 1 aromatic heterocycles. The van der Waals surface area contributed by atoms with Gasteiger partial charge in [0.05, 0.1) is 6.04 Å². The molecule has 2 heterocycles. The Morgan fingerprint density at radius 3 is 2.81 bits per heavy atom. The van der Waals surface area contributed by atoms with E-state index in [0.717, 1.165) is 25.8 Å². The highest BCUT2D eigenvalue weighted by molar-refractivity contribution is 7.07. The normalized spacial score (nSPS) is 30.9. The number of carbonyl (C=O) groups is 1. The number of nitrogens with one attached hydrogen (secondary N) is 1. The van der Waals surface area contributed by atoms with Gasteiger partial charge in [0.25, 0.3) is 0 Å². The summed E-state index contributed by atoms with van der Waals surface area (Å²) in [4.78, 5) is 14.9. The van der Waals surface area contributed by atoms with Crippen LogP contribution in [0.4, 0.5) is 0 Å². The lowest BCUT2D eigenvalue weighted by atomic mass is 10.1. The van der Waals surface area contributed by atoms with Crippen molar-refractivity contribution in [1.29, 1.82) is 0 Å². The summed E-state index contributed by atoms with van der Waals surface area (Å²) in [7, 11) is 0. The van der Waals surface area contributed by atoms with Crippen LogP contribution in [-0.4, -0.2) is 23.4 Å². The second-order valence-corrected chi connectivity index (χ2v) is 7.98. The van der Waals surface area contributed by atoms with Gasteiger partial charge < -0.3 is 4.90 Å². The zero-order valence-electron chi connectivity index (χ0n) is 13.3. The fourth-order valence-corrected chi connectivity index (χ4v) is 4.00. The van der Waals surface area contributed by atoms with Gasteiger partial charge in [0.2, 0.25) is 5.91 Å². The Bertz CT molecular complexity index is 497. The van der Waals surface area contributed by atoms with E-state index < -0.39 is 0 Å². The molecule has 21 heavy (non-hydrogen) atoms. The van der Waals surface area contributed by atoms with Crippen molar-refractivity contribution in [2.75, 3.05) is 6.54 Å². The molecule has 0 spiro atoms. The van der Waals surface area contributed by atoms with E-state index in [1.807, 2.05) is 0 Å². The van der Waals surface area contributed by atoms with Gasteiger partial charge in [-0.05, 0) is 46.6 Å². The maximum Gasteiger partial charge on any atom is 0.241 e. The Morgan fingerprint density at radius 2 is 2.24 bits per heavy atom. The highest BCUT2D eigenvalue weighted by atomic mass is 32.1. The molecule has 116 valence electrons. The molecule has 3 rings (SSSR count). The first-order valence-corrected chi connectivity index (χ1v) is 9.06. The fourth-order valence-electron chi connectivity index (χ4n) is 3.32. The molecule has 3 nitrogen and oxygen atoms in total. The molecule has 1 aliphatic heterocycles. The summed E-state index contributed by atoms with van der Waals surface area (Å²) in [5, 5.41) is 7.83. The molecule has 0 aromatic carbocycles. The van der Waals surface area contributed by atoms with Gasteiger partial charge in [0, 0.05) is 6.54 Å². The van der Waals surface area contributed by atoms with Crippen molar-refractivity contribution < 1.29 is 4.79 Å². The van der Waals surface area contributed by atoms with Gasteiger partial charge >= 0.3 is 0 Å². The number of hydrogen-bond acceptors (Lipinski definition) is 3. The monoisotopic (exact) mass is 306 g/mol. The van der Waals surface area contributed by atoms with E-state index in [1.165, 1.54) is 12.0 Å². The number of thiophene rings is 1. The number of carbonyl (C=O) groups excluding carboxylic acids is 1. The minimum absolute atomic E-state index is 0.0108. The third-order valence-electron chi connectivity index (χ3n) is 5.09. The first-order chi connectivity index (χ1) is 10.0. The molecular formula is C17H26N2OS. The molecule has 1 N–H and O–H groups in total. The van der Waals surface area contributed by atoms with E-state index >= 15 is 0 Å². The van der Waals surface area contributed by atoms with Crippen LogP contribution in [0, 0.1) is 11.3 Å². The quantitative estimate of drug-likeness (QED) is 0.867. The predicted molar refractivity (Wildman–Crippen MR) is 87.1 cm³/mol. The van der Waals surface area contributed by atoms with Crippen molar-refractivity contribution in [2.45, 2.75) is 58.7 Å². The topological polar surface area (TPSA) is 32.3 Å². The first kappa shape index (κ1) is 15.0. The molecule has 0 radical (unpaired) electrons. The molecule has 3 unspecified atom stereocenters. The number of rotatable bonds is 6. The third-order valence-corrected chi connectivity index (χ3v) is 5.79. The standard InChI is InChI=1S/C17H26N2OS/c1-4-5-6-14-16(20)19(10-13-9-17(13,2)3)15(18-14)12-7-8-21-11-12/h7-8,11,13-15,18H,4-6,9-10H2,1-3H3. The molecule has 1 saturated heterocycles. The summed E-state index contributed by atoms with van der Waals surface area (Å²) in [6, 6.07) is 2.15. The molecular weight excluding hydrogens is 280 g/mol. The van der Waals surface area contributed by atoms with E-state index in [4.69, 9.17) is 0 Å². The second-order valence-electron chi connectivity index (χ2n) is 7.20. The average molecular weight is 306 g/mol. The zero-order chi connectivity index (χ0) is 15.0. The average Bonchev–Trinajstić information content (AvgIpc) is 2.87. The van der Waals surface area contributed by atoms with Gasteiger partial charge in [-0.1, -0.05) is 33.6 Å². The SMILES string of the molecule is CCCCC1NC(c2ccsc2)N(CC2CC2(C)C)C1=O. The van der Waals surface area contributed by atoms with Crippen LogP contribution in [0.25, 0.3) is 0 Å². The van der Waals surface area contributed by atoms with Crippen molar-refractivity contribution in [3.05, 3.63) is 22.4 Å². The van der Waals surface area contributed by atoms with Gasteiger partial charge in [-0.15, -0.1) is 0 Å². The maximum atomic E-state index is 12.8. The summed E-state index contributed by atoms with van der Waals surface area (Å²) in [5.74, 6) is 0.969. The number of unbranched alkanes of at least 4 members (excludes halogenated alkanes) is 1. The lowest BCUT2D eigenvalue weighted by molar-refractivity contribution is -0.130. The predicted octanol–water partition coefficient (Wildman–Crippen LogP) is 3.78. The molecule has 3 atom stereocenters. The summed E-state index contributed by atoms with van der Waals surface area (Å²) in [6.07, 6.45) is 4.54. The van der Waals surface area contributed by atoms with Crippen molar-refractivity contribution >= 4 is 17.2 Å². The van der Waals surface area contributed by atoms with Crippen LogP contribution >= 0.6 is 11.3 Å². The Hall–Kier alpha value is -0.870. The van der Waals surface area contributed by atoms with Crippen LogP contribution < -0.4 is 5.32 Å². The number of amides is 1. The molecule has 1 saturated carbocycles. The van der Waals surface area contributed by atoms with E-state index in [1.54, 1.807) is 11.3 Å². The fraction of sp³-hybridized carbons (Fsp3) is 0.706. The van der Waals surface area contributed by atoms with Crippen LogP contribution in [0.1, 0.15) is 58.2 Å². The molecule has 1 aromatic rings. The van der Waals surface area contributed by atoms with E-state index in [9.17, 15) is 4.79 Å². The summed E-state index contributed by atoms with van der Waals surface area (Å²) < 4.78 is 0. The van der Waals surface area contributed by atoms with Crippen LogP contribution in [-0.2, 0) is 4.79 Å². The number of hydrogen-bond donors (Lipinski definition) is 1. The molecule has 2 aliphatic rings. The Morgan fingerprint density at radius 1 is 1.48 bits per heavy atom. The van der Waals surface area contributed by atoms with Crippen LogP contribution in [0.2, 0.25) is 0 Å². The highest BCUT2D eigenvalue weighted by Crippen LogP contribution is 2.52. The van der Waals surface area contributed by atoms with Gasteiger partial charge in [0.15, 0.2) is 0 Å². The third kappa shape index (κ3) is 3.02. The molecule has 1 amide bonds. The lowest BCUT2D eigenvalue weighted by Crippen LogP contribution is -2.33. The second kappa shape index (κ2) is 5.73. The van der Waals surface area contributed by atoms with Crippen LogP contribution in [0.15, 0.2) is 16.8 Å². The highest BCUT2D eigenvalue weighted by Gasteiger charge is 2.49. The summed E-state index contributed by atoms with van der Waals surface area (Å²) in [6.45, 7) is 7.70. The van der Waals surface area contributed by atoms with Gasteiger partial charge in [-0.2, -0.15) is 11.3 Å². The Kier molecular flexibility index (Phi) is 4.10. The Balaban J connectivity index is 1.74. The van der Waals surface area contributed by atoms with Crippen molar-refractivity contribution in [2.24, 2.45) is 11.3 Å².